The summed E-state index contributed by atoms with van der Waals surface area (Å²) < 4.78 is 0. The Bertz CT molecular complexity index is 161. The zero-order chi connectivity index (χ0) is 8.77. The lowest BCUT2D eigenvalue weighted by atomic mass is 9.71. The molecule has 12 heavy (non-hydrogen) atoms. The van der Waals surface area contributed by atoms with Crippen LogP contribution in [0.4, 0.5) is 0 Å². The Kier molecular flexibility index (Phi) is 1.98. The van der Waals surface area contributed by atoms with Crippen LogP contribution in [0.3, 0.4) is 0 Å². The van der Waals surface area contributed by atoms with Crippen molar-refractivity contribution < 1.29 is 5.11 Å². The van der Waals surface area contributed by atoms with Crippen LogP contribution in [0.5, 0.6) is 0 Å². The zero-order valence-electron chi connectivity index (χ0n) is 7.79. The van der Waals surface area contributed by atoms with Gasteiger partial charge >= 0.3 is 0 Å². The van der Waals surface area contributed by atoms with E-state index in [2.05, 4.69) is 0 Å². The van der Waals surface area contributed by atoms with Crippen LogP contribution in [0.2, 0.25) is 0 Å². The Morgan fingerprint density at radius 2 is 1.75 bits per heavy atom. The van der Waals surface area contributed by atoms with Crippen molar-refractivity contribution in [2.75, 3.05) is 0 Å². The minimum Gasteiger partial charge on any atom is -0.400 e. The third-order valence-corrected chi connectivity index (χ3v) is 3.82. The van der Waals surface area contributed by atoms with Crippen molar-refractivity contribution in [3.63, 3.8) is 0 Å². The first-order valence-electron chi connectivity index (χ1n) is 5.08. The van der Waals surface area contributed by atoms with Crippen molar-refractivity contribution in [3.05, 3.63) is 0 Å². The molecule has 0 spiro atoms. The first-order valence-corrected chi connectivity index (χ1v) is 5.08. The molecular formula is C10H17BO. The molecule has 66 valence electrons. The smallest absolute Gasteiger partial charge is 0.113 e. The van der Waals surface area contributed by atoms with E-state index in [0.717, 1.165) is 24.7 Å². The molecule has 0 amide bonds. The van der Waals surface area contributed by atoms with Gasteiger partial charge in [0.05, 0.1) is 0 Å². The summed E-state index contributed by atoms with van der Waals surface area (Å²) in [6.45, 7) is 1.75. The summed E-state index contributed by atoms with van der Waals surface area (Å²) in [6, 6.07) is 0. The number of fused-ring (bicyclic) bond motifs is 1. The van der Waals surface area contributed by atoms with E-state index >= 15 is 0 Å². The molecular weight excluding hydrogens is 147 g/mol. The van der Waals surface area contributed by atoms with E-state index in [4.69, 9.17) is 7.85 Å². The maximum atomic E-state index is 9.65. The highest BCUT2D eigenvalue weighted by Crippen LogP contribution is 2.49. The fraction of sp³-hybridized carbons (Fsp3) is 1.00. The molecule has 3 atom stereocenters. The van der Waals surface area contributed by atoms with Crippen molar-refractivity contribution in [2.45, 2.75) is 44.5 Å². The van der Waals surface area contributed by atoms with Gasteiger partial charge in [-0.2, -0.15) is 0 Å². The van der Waals surface area contributed by atoms with Crippen molar-refractivity contribution in [3.8, 4) is 0 Å². The van der Waals surface area contributed by atoms with Crippen LogP contribution >= 0.6 is 0 Å². The molecule has 0 heterocycles. The molecule has 0 aromatic carbocycles. The van der Waals surface area contributed by atoms with E-state index in [9.17, 15) is 5.11 Å². The molecule has 2 aliphatic rings. The SMILES string of the molecule is [B]C(C)(O)C1CC2CCCC2C1. The summed E-state index contributed by atoms with van der Waals surface area (Å²) in [5.41, 5.74) is -0.926. The van der Waals surface area contributed by atoms with Gasteiger partial charge in [0.2, 0.25) is 0 Å². The van der Waals surface area contributed by atoms with Crippen molar-refractivity contribution >= 4 is 7.85 Å². The van der Waals surface area contributed by atoms with Gasteiger partial charge in [0, 0.05) is 5.50 Å². The van der Waals surface area contributed by atoms with Gasteiger partial charge in [0.25, 0.3) is 0 Å². The highest BCUT2D eigenvalue weighted by atomic mass is 16.3. The Morgan fingerprint density at radius 1 is 1.25 bits per heavy atom. The number of hydrogen-bond donors (Lipinski definition) is 1. The third-order valence-electron chi connectivity index (χ3n) is 3.82. The normalized spacial score (nSPS) is 45.7. The monoisotopic (exact) mass is 164 g/mol. The van der Waals surface area contributed by atoms with Crippen LogP contribution in [0.25, 0.3) is 0 Å². The topological polar surface area (TPSA) is 20.2 Å². The van der Waals surface area contributed by atoms with Crippen molar-refractivity contribution in [1.82, 2.24) is 0 Å². The average Bonchev–Trinajstić information content (AvgIpc) is 2.37. The molecule has 0 aromatic heterocycles. The van der Waals surface area contributed by atoms with Gasteiger partial charge in [-0.1, -0.05) is 19.3 Å². The fourth-order valence-corrected chi connectivity index (χ4v) is 3.04. The third kappa shape index (κ3) is 1.41. The van der Waals surface area contributed by atoms with E-state index < -0.39 is 5.50 Å². The fourth-order valence-electron chi connectivity index (χ4n) is 3.04. The molecule has 2 saturated carbocycles. The summed E-state index contributed by atoms with van der Waals surface area (Å²) in [5, 5.41) is 9.65. The van der Waals surface area contributed by atoms with Gasteiger partial charge < -0.3 is 5.11 Å². The summed E-state index contributed by atoms with van der Waals surface area (Å²) in [5.74, 6) is 2.11. The second-order valence-electron chi connectivity index (χ2n) is 4.85. The molecule has 0 bridgehead atoms. The average molecular weight is 164 g/mol. The van der Waals surface area contributed by atoms with E-state index in [1.54, 1.807) is 6.92 Å². The first kappa shape index (κ1) is 8.62. The minimum atomic E-state index is -0.926. The maximum Gasteiger partial charge on any atom is 0.113 e. The highest BCUT2D eigenvalue weighted by molar-refractivity contribution is 6.14. The van der Waals surface area contributed by atoms with Crippen LogP contribution in [0, 0.1) is 17.8 Å². The number of rotatable bonds is 1. The van der Waals surface area contributed by atoms with Crippen LogP contribution < -0.4 is 0 Å². The molecule has 0 aromatic rings. The minimum absolute atomic E-state index is 0.354. The Balaban J connectivity index is 1.99. The van der Waals surface area contributed by atoms with Crippen LogP contribution in [-0.2, 0) is 0 Å². The lowest BCUT2D eigenvalue weighted by Gasteiger charge is -2.26. The van der Waals surface area contributed by atoms with Gasteiger partial charge in [0.1, 0.15) is 7.85 Å². The molecule has 1 N–H and O–H groups in total. The van der Waals surface area contributed by atoms with Gasteiger partial charge in [-0.15, -0.1) is 0 Å². The second-order valence-corrected chi connectivity index (χ2v) is 4.85. The summed E-state index contributed by atoms with van der Waals surface area (Å²) in [6.07, 6.45) is 6.46. The lowest BCUT2D eigenvalue weighted by Crippen LogP contribution is -2.33. The molecule has 0 saturated heterocycles. The molecule has 2 heteroatoms. The summed E-state index contributed by atoms with van der Waals surface area (Å²) in [4.78, 5) is 0. The second kappa shape index (κ2) is 2.76. The van der Waals surface area contributed by atoms with Crippen molar-refractivity contribution in [2.24, 2.45) is 17.8 Å². The van der Waals surface area contributed by atoms with Gasteiger partial charge in [0.15, 0.2) is 0 Å². The highest BCUT2D eigenvalue weighted by Gasteiger charge is 2.42. The predicted molar refractivity (Wildman–Crippen MR) is 49.9 cm³/mol. The Morgan fingerprint density at radius 3 is 2.17 bits per heavy atom. The molecule has 2 fully saturated rings. The number of hydrogen-bond acceptors (Lipinski definition) is 1. The van der Waals surface area contributed by atoms with Crippen molar-refractivity contribution in [1.29, 1.82) is 0 Å². The summed E-state index contributed by atoms with van der Waals surface area (Å²) in [7, 11) is 5.70. The van der Waals surface area contributed by atoms with E-state index in [0.29, 0.717) is 5.92 Å². The van der Waals surface area contributed by atoms with Crippen LogP contribution in [0.1, 0.15) is 39.0 Å². The first-order chi connectivity index (χ1) is 5.57. The van der Waals surface area contributed by atoms with E-state index in [1.807, 2.05) is 0 Å². The standard InChI is InChI=1S/C10H17BO/c1-10(11,12)9-5-7-3-2-4-8(7)6-9/h7-9,12H,2-6H2,1H3. The van der Waals surface area contributed by atoms with Gasteiger partial charge in [-0.3, -0.25) is 0 Å². The molecule has 1 nitrogen and oxygen atoms in total. The molecule has 2 radical (unpaired) electrons. The van der Waals surface area contributed by atoms with Gasteiger partial charge in [-0.25, -0.2) is 0 Å². The Hall–Kier alpha value is 0.0249. The summed E-state index contributed by atoms with van der Waals surface area (Å²) >= 11 is 0. The maximum absolute atomic E-state index is 9.65. The largest absolute Gasteiger partial charge is 0.400 e. The number of aliphatic hydroxyl groups is 1. The van der Waals surface area contributed by atoms with Gasteiger partial charge in [-0.05, 0) is 37.5 Å². The van der Waals surface area contributed by atoms with E-state index in [1.165, 1.54) is 19.3 Å². The zero-order valence-corrected chi connectivity index (χ0v) is 7.79. The Labute approximate surface area is 76.0 Å². The van der Waals surface area contributed by atoms with Crippen LogP contribution in [0.15, 0.2) is 0 Å². The quantitative estimate of drug-likeness (QED) is 0.584. The molecule has 2 rings (SSSR count). The van der Waals surface area contributed by atoms with Crippen LogP contribution in [-0.4, -0.2) is 18.5 Å². The van der Waals surface area contributed by atoms with E-state index in [-0.39, 0.29) is 0 Å². The molecule has 2 aliphatic carbocycles. The predicted octanol–water partition coefficient (Wildman–Crippen LogP) is 1.69. The molecule has 0 aliphatic heterocycles. The lowest BCUT2D eigenvalue weighted by molar-refractivity contribution is 0.0792. The molecule has 3 unspecified atom stereocenters.